The van der Waals surface area contributed by atoms with Crippen molar-refractivity contribution < 1.29 is 19.8 Å². The van der Waals surface area contributed by atoms with E-state index in [-0.39, 0.29) is 11.5 Å². The van der Waals surface area contributed by atoms with Crippen molar-refractivity contribution in [2.75, 3.05) is 0 Å². The minimum atomic E-state index is -1.26. The Hall–Kier alpha value is -2.99. The van der Waals surface area contributed by atoms with E-state index in [0.717, 1.165) is 11.3 Å². The van der Waals surface area contributed by atoms with Crippen molar-refractivity contribution in [3.8, 4) is 0 Å². The van der Waals surface area contributed by atoms with Gasteiger partial charge in [0.1, 0.15) is 0 Å². The van der Waals surface area contributed by atoms with Crippen molar-refractivity contribution in [3.05, 3.63) is 78.1 Å². The van der Waals surface area contributed by atoms with E-state index in [2.05, 4.69) is 31.0 Å². The van der Waals surface area contributed by atoms with Crippen LogP contribution < -0.4 is 5.73 Å². The third kappa shape index (κ3) is 6.56. The number of nitrogens with zero attached hydrogens (tertiary/aromatic N) is 1. The maximum Gasteiger partial charge on any atom is 0.328 e. The van der Waals surface area contributed by atoms with Gasteiger partial charge in [-0.2, -0.15) is 0 Å². The quantitative estimate of drug-likeness (QED) is 0.720. The smallest absolute Gasteiger partial charge is 0.328 e. The molecule has 0 aliphatic heterocycles. The van der Waals surface area contributed by atoms with Gasteiger partial charge in [0.2, 0.25) is 0 Å². The molecule has 0 saturated carbocycles. The molecule has 0 amide bonds. The number of hydrogen-bond acceptors (Lipinski definition) is 4. The molecule has 0 unspecified atom stereocenters. The third-order valence-electron chi connectivity index (χ3n) is 3.63. The van der Waals surface area contributed by atoms with E-state index < -0.39 is 11.9 Å². The Morgan fingerprint density at radius 1 is 1.00 bits per heavy atom. The number of aromatic nitrogens is 1. The highest BCUT2D eigenvalue weighted by atomic mass is 16.4. The fourth-order valence-corrected chi connectivity index (χ4v) is 2.12. The number of benzene rings is 1. The summed E-state index contributed by atoms with van der Waals surface area (Å²) >= 11 is 0. The average molecular weight is 342 g/mol. The molecule has 4 N–H and O–H groups in total. The summed E-state index contributed by atoms with van der Waals surface area (Å²) in [6.07, 6.45) is 2.93. The summed E-state index contributed by atoms with van der Waals surface area (Å²) in [5, 5.41) is 15.6. The molecule has 6 nitrogen and oxygen atoms in total. The Labute approximate surface area is 146 Å². The lowest BCUT2D eigenvalue weighted by atomic mass is 9.78. The number of carboxylic acid groups (broad SMARTS) is 2. The van der Waals surface area contributed by atoms with Crippen molar-refractivity contribution in [1.29, 1.82) is 0 Å². The highest BCUT2D eigenvalue weighted by molar-refractivity contribution is 5.89. The number of carbonyl (C=O) groups is 2. The summed E-state index contributed by atoms with van der Waals surface area (Å²) < 4.78 is 0. The van der Waals surface area contributed by atoms with Crippen molar-refractivity contribution in [2.45, 2.75) is 25.3 Å². The molecule has 0 radical (unpaired) electrons. The van der Waals surface area contributed by atoms with Gasteiger partial charge in [-0.05, 0) is 17.7 Å². The first-order valence-corrected chi connectivity index (χ1v) is 7.61. The van der Waals surface area contributed by atoms with E-state index in [4.69, 9.17) is 15.9 Å². The number of nitrogens with two attached hydrogens (primary N) is 1. The predicted octanol–water partition coefficient (Wildman–Crippen LogP) is 2.77. The fraction of sp³-hybridized carbons (Fsp3) is 0.211. The van der Waals surface area contributed by atoms with Crippen LogP contribution in [-0.2, 0) is 15.0 Å². The third-order valence-corrected chi connectivity index (χ3v) is 3.63. The molecule has 0 fully saturated rings. The zero-order valence-corrected chi connectivity index (χ0v) is 14.2. The Bertz CT molecular complexity index is 697. The number of hydrogen-bond donors (Lipinski definition) is 3. The van der Waals surface area contributed by atoms with E-state index >= 15 is 0 Å². The van der Waals surface area contributed by atoms with E-state index in [0.29, 0.717) is 12.2 Å². The van der Waals surface area contributed by atoms with Crippen LogP contribution in [0.1, 0.15) is 31.1 Å². The van der Waals surface area contributed by atoms with Gasteiger partial charge in [-0.15, -0.1) is 0 Å². The van der Waals surface area contributed by atoms with Gasteiger partial charge >= 0.3 is 11.9 Å². The summed E-state index contributed by atoms with van der Waals surface area (Å²) in [5.74, 6) is -2.51. The molecule has 1 heterocycles. The Balaban J connectivity index is 0.000000333. The van der Waals surface area contributed by atoms with Crippen LogP contribution in [0.3, 0.4) is 0 Å². The first-order chi connectivity index (χ1) is 11.7. The summed E-state index contributed by atoms with van der Waals surface area (Å²) in [6, 6.07) is 16.1. The number of pyridine rings is 1. The lowest BCUT2D eigenvalue weighted by Gasteiger charge is -2.31. The molecule has 0 bridgehead atoms. The van der Waals surface area contributed by atoms with Gasteiger partial charge in [0.15, 0.2) is 0 Å². The average Bonchev–Trinajstić information content (AvgIpc) is 2.61. The van der Waals surface area contributed by atoms with Crippen LogP contribution in [0.4, 0.5) is 0 Å². The zero-order valence-electron chi connectivity index (χ0n) is 14.2. The largest absolute Gasteiger partial charge is 0.478 e. The molecule has 25 heavy (non-hydrogen) atoms. The zero-order chi connectivity index (χ0) is 18.9. The highest BCUT2D eigenvalue weighted by Crippen LogP contribution is 2.33. The molecule has 0 aliphatic rings. The molecule has 132 valence electrons. The molecule has 0 saturated heterocycles. The fourth-order valence-electron chi connectivity index (χ4n) is 2.12. The molecule has 1 atom stereocenters. The normalized spacial score (nSPS) is 12.1. The molecular weight excluding hydrogens is 320 g/mol. The molecule has 0 spiro atoms. The van der Waals surface area contributed by atoms with Crippen LogP contribution in [0.25, 0.3) is 0 Å². The minimum absolute atomic E-state index is 0.0569. The summed E-state index contributed by atoms with van der Waals surface area (Å²) in [6.45, 7) is 4.26. The second-order valence-electron chi connectivity index (χ2n) is 5.83. The Morgan fingerprint density at radius 2 is 1.52 bits per heavy atom. The number of rotatable bonds is 5. The highest BCUT2D eigenvalue weighted by Gasteiger charge is 2.30. The Kier molecular flexibility index (Phi) is 7.49. The summed E-state index contributed by atoms with van der Waals surface area (Å²) in [4.78, 5) is 23.5. The van der Waals surface area contributed by atoms with Gasteiger partial charge in [-0.1, -0.05) is 50.2 Å². The van der Waals surface area contributed by atoms with Crippen molar-refractivity contribution in [2.24, 2.45) is 5.73 Å². The minimum Gasteiger partial charge on any atom is -0.478 e. The topological polar surface area (TPSA) is 114 Å². The molecular formula is C19H22N2O4. The summed E-state index contributed by atoms with van der Waals surface area (Å²) in [7, 11) is 0. The second kappa shape index (κ2) is 9.34. The molecule has 0 aliphatic carbocycles. The van der Waals surface area contributed by atoms with Gasteiger partial charge in [-0.25, -0.2) is 9.59 Å². The monoisotopic (exact) mass is 342 g/mol. The maximum atomic E-state index is 9.55. The first-order valence-electron chi connectivity index (χ1n) is 7.61. The van der Waals surface area contributed by atoms with Crippen LogP contribution in [0, 0.1) is 0 Å². The van der Waals surface area contributed by atoms with Crippen LogP contribution in [0.15, 0.2) is 66.9 Å². The van der Waals surface area contributed by atoms with E-state index in [1.807, 2.05) is 42.6 Å². The first kappa shape index (κ1) is 20.1. The van der Waals surface area contributed by atoms with Crippen molar-refractivity contribution in [1.82, 2.24) is 4.98 Å². The van der Waals surface area contributed by atoms with Crippen LogP contribution in [-0.4, -0.2) is 27.1 Å². The van der Waals surface area contributed by atoms with Crippen molar-refractivity contribution in [3.63, 3.8) is 0 Å². The lowest BCUT2D eigenvalue weighted by molar-refractivity contribution is -0.134. The SMILES string of the molecule is CC(C)(c1ccccn1)[C@@H](N)c1ccccc1.O=C(O)C=CC(=O)O. The van der Waals surface area contributed by atoms with Crippen LogP contribution in [0.5, 0.6) is 0 Å². The van der Waals surface area contributed by atoms with E-state index in [1.165, 1.54) is 0 Å². The molecule has 1 aromatic heterocycles. The van der Waals surface area contributed by atoms with E-state index in [1.54, 1.807) is 0 Å². The van der Waals surface area contributed by atoms with Crippen LogP contribution in [0.2, 0.25) is 0 Å². The predicted molar refractivity (Wildman–Crippen MR) is 95.0 cm³/mol. The standard InChI is InChI=1S/C15H18N2.C4H4O4/c1-15(2,13-10-6-7-11-17-13)14(16)12-8-4-3-5-9-12;5-3(6)1-2-4(7)8/h3-11,14H,16H2,1-2H3;1-2H,(H,5,6)(H,7,8)/t14-;/m0./s1. The second-order valence-corrected chi connectivity index (χ2v) is 5.83. The maximum absolute atomic E-state index is 9.55. The summed E-state index contributed by atoms with van der Waals surface area (Å²) in [5.41, 5.74) is 8.35. The Morgan fingerprint density at radius 3 is 1.96 bits per heavy atom. The lowest BCUT2D eigenvalue weighted by Crippen LogP contribution is -2.33. The molecule has 1 aromatic carbocycles. The van der Waals surface area contributed by atoms with Gasteiger partial charge in [0.05, 0.1) is 0 Å². The molecule has 2 aromatic rings. The van der Waals surface area contributed by atoms with Crippen LogP contribution >= 0.6 is 0 Å². The molecule has 2 rings (SSSR count). The van der Waals surface area contributed by atoms with E-state index in [9.17, 15) is 9.59 Å². The van der Waals surface area contributed by atoms with Gasteiger partial charge in [-0.3, -0.25) is 4.98 Å². The van der Waals surface area contributed by atoms with Gasteiger partial charge in [0.25, 0.3) is 0 Å². The number of aliphatic carboxylic acids is 2. The molecule has 6 heteroatoms. The van der Waals surface area contributed by atoms with Gasteiger partial charge < -0.3 is 15.9 Å². The number of carboxylic acids is 2. The van der Waals surface area contributed by atoms with Gasteiger partial charge in [0, 0.05) is 35.5 Å². The van der Waals surface area contributed by atoms with Crippen molar-refractivity contribution >= 4 is 11.9 Å².